The number of hydrogen-bond donors (Lipinski definition) is 0. The molecule has 4 rings (SSSR count). The first kappa shape index (κ1) is 5.11. The Morgan fingerprint density at radius 2 is 1.38 bits per heavy atom. The maximum Gasteiger partial charge on any atom is 0.277 e. The molecule has 0 aliphatic carbocycles. The van der Waals surface area contributed by atoms with Gasteiger partial charge in [0.15, 0.2) is 0 Å². The molecule has 3 nitrogen and oxygen atoms in total. The Balaban J connectivity index is 2.60. The van der Waals surface area contributed by atoms with Crippen LogP contribution in [0.3, 0.4) is 0 Å². The summed E-state index contributed by atoms with van der Waals surface area (Å²) in [6, 6.07) is -7.94. The molecule has 4 aromatic rings. The third-order valence-corrected chi connectivity index (χ3v) is 3.10. The number of hydrogen-bond acceptors (Lipinski definition) is 2. The minimum Gasteiger partial charge on any atom is -0.258 e. The molecule has 0 aromatic heterocycles. The van der Waals surface area contributed by atoms with Crippen LogP contribution >= 0.6 is 0 Å². The quantitative estimate of drug-likeness (QED) is 0.279. The van der Waals surface area contributed by atoms with Gasteiger partial charge in [-0.2, -0.15) is 0 Å². The van der Waals surface area contributed by atoms with Gasteiger partial charge in [0.1, 0.15) is 0 Å². The van der Waals surface area contributed by atoms with Crippen LogP contribution in [0.15, 0.2) is 66.5 Å². The molecule has 0 heterocycles. The van der Waals surface area contributed by atoms with Gasteiger partial charge in [-0.05, 0) is 33.0 Å². The second kappa shape index (κ2) is 4.28. The molecule has 21 heavy (non-hydrogen) atoms. The van der Waals surface area contributed by atoms with Gasteiger partial charge in [0, 0.05) is 6.04 Å². The van der Waals surface area contributed by atoms with Crippen LogP contribution in [0.4, 0.5) is 5.69 Å². The van der Waals surface area contributed by atoms with E-state index in [9.17, 15) is 10.1 Å². The highest BCUT2D eigenvalue weighted by Crippen LogP contribution is 2.36. The van der Waals surface area contributed by atoms with E-state index in [1.807, 2.05) is 0 Å². The molecule has 0 aliphatic rings. The Hall–Kier alpha value is -2.94. The molecule has 0 saturated carbocycles. The molecular formula is C18H11NO2. The summed E-state index contributed by atoms with van der Waals surface area (Å²) in [5, 5.41) is 9.20. The van der Waals surface area contributed by atoms with E-state index >= 15 is 0 Å². The zero-order chi connectivity index (χ0) is 24.0. The topological polar surface area (TPSA) is 43.1 Å². The molecule has 3 heteroatoms. The van der Waals surface area contributed by atoms with Crippen molar-refractivity contribution in [2.75, 3.05) is 0 Å². The van der Waals surface area contributed by atoms with Gasteiger partial charge in [0.05, 0.1) is 25.4 Å². The Morgan fingerprint density at radius 3 is 2.14 bits per heavy atom. The van der Waals surface area contributed by atoms with Crippen molar-refractivity contribution in [2.24, 2.45) is 0 Å². The van der Waals surface area contributed by atoms with Crippen molar-refractivity contribution >= 4 is 38.0 Å². The number of rotatable bonds is 1. The Bertz CT molecular complexity index is 1570. The summed E-state index contributed by atoms with van der Waals surface area (Å²) in [5.41, 5.74) is -0.981. The van der Waals surface area contributed by atoms with Crippen LogP contribution in [0.2, 0.25) is 0 Å². The van der Waals surface area contributed by atoms with Crippen LogP contribution < -0.4 is 0 Å². The smallest absolute Gasteiger partial charge is 0.258 e. The van der Waals surface area contributed by atoms with Crippen LogP contribution in [-0.4, -0.2) is 4.92 Å². The first-order valence-electron chi connectivity index (χ1n) is 11.3. The maximum atomic E-state index is 11.9. The summed E-state index contributed by atoms with van der Waals surface area (Å²) >= 11 is 0. The first-order valence-corrected chi connectivity index (χ1v) is 5.84. The molecule has 4 aromatic carbocycles. The zero-order valence-electron chi connectivity index (χ0n) is 21.3. The summed E-state index contributed by atoms with van der Waals surface area (Å²) in [6.07, 6.45) is 0. The van der Waals surface area contributed by atoms with E-state index in [-0.39, 0.29) is 5.39 Å². The highest BCUT2D eigenvalue weighted by Gasteiger charge is 2.15. The van der Waals surface area contributed by atoms with Crippen LogP contribution in [-0.2, 0) is 0 Å². The van der Waals surface area contributed by atoms with Crippen LogP contribution in [0.25, 0.3) is 32.3 Å². The van der Waals surface area contributed by atoms with E-state index in [0.717, 1.165) is 0 Å². The predicted molar refractivity (Wildman–Crippen MR) is 85.6 cm³/mol. The SMILES string of the molecule is [2H]c1c([2H])c([2H])c2c(c1[2H])c([2H])c([2H])c1c3c([2H])c([2H])c([2H])c([2H])c3c([N+](=O)[O-])c([2H])c21. The largest absolute Gasteiger partial charge is 0.277 e. The van der Waals surface area contributed by atoms with Crippen molar-refractivity contribution in [3.63, 3.8) is 0 Å². The highest BCUT2D eigenvalue weighted by molar-refractivity contribution is 6.19. The van der Waals surface area contributed by atoms with Crippen molar-refractivity contribution in [1.82, 2.24) is 0 Å². The fraction of sp³-hybridized carbons (Fsp3) is 0. The number of benzene rings is 4. The third kappa shape index (κ3) is 1.68. The van der Waals surface area contributed by atoms with E-state index < -0.39 is 104 Å². The predicted octanol–water partition coefficient (Wildman–Crippen LogP) is 5.05. The molecule has 0 bridgehead atoms. The molecule has 0 radical (unpaired) electrons. The minimum atomic E-state index is -1.000. The molecule has 0 fully saturated rings. The van der Waals surface area contributed by atoms with E-state index in [1.54, 1.807) is 0 Å². The lowest BCUT2D eigenvalue weighted by atomic mass is 9.96. The standard InChI is InChI=1S/C18H11NO2/c20-19(21)18-11-17-13-6-2-1-5-12(13)9-10-15(17)14-7-3-4-8-16(14)18/h1-11H/i1D,2D,3D,4D,5D,6D,7D,8D,9D,10D,11D. The van der Waals surface area contributed by atoms with Crippen molar-refractivity contribution in [1.29, 1.82) is 0 Å². The fourth-order valence-corrected chi connectivity index (χ4v) is 2.21. The summed E-state index contributed by atoms with van der Waals surface area (Å²) in [7, 11) is 0. The first-order chi connectivity index (χ1) is 14.8. The van der Waals surface area contributed by atoms with Gasteiger partial charge in [-0.3, -0.25) is 10.1 Å². The van der Waals surface area contributed by atoms with Gasteiger partial charge >= 0.3 is 0 Å². The Labute approximate surface area is 136 Å². The monoisotopic (exact) mass is 284 g/mol. The second-order valence-electron chi connectivity index (χ2n) is 4.23. The summed E-state index contributed by atoms with van der Waals surface area (Å²) < 4.78 is 89.8. The number of nitro groups is 1. The molecule has 0 saturated heterocycles. The van der Waals surface area contributed by atoms with Gasteiger partial charge in [-0.15, -0.1) is 0 Å². The van der Waals surface area contributed by atoms with Gasteiger partial charge in [0.25, 0.3) is 5.69 Å². The van der Waals surface area contributed by atoms with Gasteiger partial charge < -0.3 is 0 Å². The molecule has 0 aliphatic heterocycles. The number of fused-ring (bicyclic) bond motifs is 5. The molecular weight excluding hydrogens is 262 g/mol. The summed E-state index contributed by atoms with van der Waals surface area (Å²) in [6.45, 7) is 0. The Morgan fingerprint density at radius 1 is 0.762 bits per heavy atom. The van der Waals surface area contributed by atoms with E-state index in [2.05, 4.69) is 0 Å². The van der Waals surface area contributed by atoms with Gasteiger partial charge in [-0.25, -0.2) is 0 Å². The summed E-state index contributed by atoms with van der Waals surface area (Å²) in [5.74, 6) is 0. The molecule has 0 spiro atoms. The van der Waals surface area contributed by atoms with E-state index in [1.165, 1.54) is 0 Å². The second-order valence-corrected chi connectivity index (χ2v) is 4.23. The molecule has 0 amide bonds. The molecule has 0 N–H and O–H groups in total. The molecule has 100 valence electrons. The van der Waals surface area contributed by atoms with Crippen molar-refractivity contribution < 1.29 is 20.0 Å². The van der Waals surface area contributed by atoms with Crippen molar-refractivity contribution in [3.8, 4) is 0 Å². The van der Waals surface area contributed by atoms with Gasteiger partial charge in [0.2, 0.25) is 0 Å². The number of nitro benzene ring substituents is 1. The van der Waals surface area contributed by atoms with Crippen molar-refractivity contribution in [3.05, 3.63) is 76.6 Å². The lowest BCUT2D eigenvalue weighted by molar-refractivity contribution is -0.382. The van der Waals surface area contributed by atoms with Crippen molar-refractivity contribution in [2.45, 2.75) is 0 Å². The lowest BCUT2D eigenvalue weighted by Crippen LogP contribution is -1.91. The number of nitrogens with zero attached hydrogens (tertiary/aromatic N) is 1. The third-order valence-electron chi connectivity index (χ3n) is 3.10. The average Bonchev–Trinajstić information content (AvgIpc) is 2.74. The molecule has 0 unspecified atom stereocenters. The van der Waals surface area contributed by atoms with Crippen LogP contribution in [0.5, 0.6) is 0 Å². The Kier molecular flexibility index (Phi) is 1.04. The average molecular weight is 284 g/mol. The van der Waals surface area contributed by atoms with Crippen LogP contribution in [0, 0.1) is 10.1 Å². The summed E-state index contributed by atoms with van der Waals surface area (Å²) in [4.78, 5) is 10.9. The fourth-order valence-electron chi connectivity index (χ4n) is 2.21. The highest BCUT2D eigenvalue weighted by atomic mass is 16.6. The minimum absolute atomic E-state index is 0.384. The normalized spacial score (nSPS) is 18.6. The van der Waals surface area contributed by atoms with E-state index in [4.69, 9.17) is 15.1 Å². The van der Waals surface area contributed by atoms with Crippen LogP contribution in [0.1, 0.15) is 15.1 Å². The zero-order valence-corrected chi connectivity index (χ0v) is 10.3. The molecule has 0 atom stereocenters. The maximum absolute atomic E-state index is 11.9. The van der Waals surface area contributed by atoms with E-state index in [0.29, 0.717) is 0 Å². The van der Waals surface area contributed by atoms with Gasteiger partial charge in [-0.1, -0.05) is 54.4 Å². The lowest BCUT2D eigenvalue weighted by Gasteiger charge is -2.08.